The normalized spacial score (nSPS) is 25.2. The van der Waals surface area contributed by atoms with Crippen molar-refractivity contribution in [2.45, 2.75) is 25.7 Å². The second kappa shape index (κ2) is 2.91. The summed E-state index contributed by atoms with van der Waals surface area (Å²) in [5, 5.41) is 0. The molecular weight excluding hydrogens is 122 g/mol. The van der Waals surface area contributed by atoms with E-state index in [1.54, 1.807) is 0 Å². The monoisotopic (exact) mass is 137 g/mol. The first-order valence-electron chi connectivity index (χ1n) is 3.78. The lowest BCUT2D eigenvalue weighted by Gasteiger charge is -2.06. The molecule has 0 radical (unpaired) electrons. The van der Waals surface area contributed by atoms with Crippen LogP contribution in [0, 0.1) is 5.92 Å². The highest BCUT2D eigenvalue weighted by Gasteiger charge is 2.17. The molecule has 0 aliphatic heterocycles. The van der Waals surface area contributed by atoms with E-state index in [0.29, 0.717) is 0 Å². The zero-order chi connectivity index (χ0) is 7.56. The first kappa shape index (κ1) is 7.39. The van der Waals surface area contributed by atoms with Gasteiger partial charge >= 0.3 is 0 Å². The Bertz CT molecular complexity index is 158. The molecule has 0 saturated heterocycles. The molecule has 1 atom stereocenters. The van der Waals surface area contributed by atoms with Crippen molar-refractivity contribution in [3.8, 4) is 0 Å². The fourth-order valence-corrected chi connectivity index (χ4v) is 1.57. The second-order valence-electron chi connectivity index (χ2n) is 3.22. The minimum atomic E-state index is 0.741. The Labute approximate surface area is 62.6 Å². The van der Waals surface area contributed by atoms with Crippen molar-refractivity contribution in [1.82, 2.24) is 0 Å². The number of hydrogen-bond donors (Lipinski definition) is 1. The Morgan fingerprint density at radius 2 is 2.40 bits per heavy atom. The molecule has 1 unspecified atom stereocenters. The van der Waals surface area contributed by atoms with Gasteiger partial charge in [-0.1, -0.05) is 18.7 Å². The summed E-state index contributed by atoms with van der Waals surface area (Å²) in [5.74, 6) is 0.741. The minimum Gasteiger partial charge on any atom is -0.403 e. The lowest BCUT2D eigenvalue weighted by molar-refractivity contribution is 0.549. The second-order valence-corrected chi connectivity index (χ2v) is 3.22. The highest BCUT2D eigenvalue weighted by molar-refractivity contribution is 5.04. The van der Waals surface area contributed by atoms with Crippen LogP contribution in [0.2, 0.25) is 0 Å². The molecule has 0 amide bonds. The summed E-state index contributed by atoms with van der Waals surface area (Å²) in [7, 11) is 0. The van der Waals surface area contributed by atoms with Crippen LogP contribution >= 0.6 is 0 Å². The summed E-state index contributed by atoms with van der Waals surface area (Å²) in [6, 6.07) is 0. The number of hydrogen-bond acceptors (Lipinski definition) is 1. The fourth-order valence-electron chi connectivity index (χ4n) is 1.57. The highest BCUT2D eigenvalue weighted by Crippen LogP contribution is 2.31. The van der Waals surface area contributed by atoms with E-state index in [1.807, 2.05) is 0 Å². The molecule has 2 N–H and O–H groups in total. The number of nitrogens with two attached hydrogens (primary N) is 1. The molecule has 1 fully saturated rings. The summed E-state index contributed by atoms with van der Waals surface area (Å²) in [6.07, 6.45) is 4.60. The van der Waals surface area contributed by atoms with Crippen LogP contribution in [0.1, 0.15) is 25.7 Å². The van der Waals surface area contributed by atoms with Crippen LogP contribution < -0.4 is 5.73 Å². The van der Waals surface area contributed by atoms with Crippen LogP contribution in [0.5, 0.6) is 0 Å². The van der Waals surface area contributed by atoms with Gasteiger partial charge in [0.25, 0.3) is 0 Å². The summed E-state index contributed by atoms with van der Waals surface area (Å²) in [5.41, 5.74) is 7.69. The molecule has 1 saturated carbocycles. The van der Waals surface area contributed by atoms with E-state index < -0.39 is 0 Å². The van der Waals surface area contributed by atoms with Crippen LogP contribution in [-0.4, -0.2) is 0 Å². The van der Waals surface area contributed by atoms with Crippen LogP contribution in [0.15, 0.2) is 24.4 Å². The van der Waals surface area contributed by atoms with Gasteiger partial charge in [-0.25, -0.2) is 0 Å². The van der Waals surface area contributed by atoms with E-state index in [1.165, 1.54) is 18.4 Å². The van der Waals surface area contributed by atoms with Crippen LogP contribution in [-0.2, 0) is 0 Å². The van der Waals surface area contributed by atoms with Crippen molar-refractivity contribution in [2.24, 2.45) is 11.7 Å². The van der Waals surface area contributed by atoms with E-state index in [-0.39, 0.29) is 0 Å². The SMILES string of the molecule is C=C(N)CC1CCC(=C)C1. The molecule has 0 bridgehead atoms. The number of rotatable bonds is 2. The Morgan fingerprint density at radius 1 is 1.70 bits per heavy atom. The average molecular weight is 137 g/mol. The van der Waals surface area contributed by atoms with Gasteiger partial charge in [-0.3, -0.25) is 0 Å². The number of allylic oxidation sites excluding steroid dienone is 2. The molecule has 0 spiro atoms. The summed E-state index contributed by atoms with van der Waals surface area (Å²) in [4.78, 5) is 0. The summed E-state index contributed by atoms with van der Waals surface area (Å²) in [6.45, 7) is 7.63. The minimum absolute atomic E-state index is 0.741. The molecule has 56 valence electrons. The van der Waals surface area contributed by atoms with E-state index in [4.69, 9.17) is 5.73 Å². The van der Waals surface area contributed by atoms with E-state index in [0.717, 1.165) is 24.5 Å². The molecule has 1 aliphatic rings. The Balaban J connectivity index is 2.31. The van der Waals surface area contributed by atoms with E-state index in [2.05, 4.69) is 13.2 Å². The largest absolute Gasteiger partial charge is 0.403 e. The summed E-state index contributed by atoms with van der Waals surface area (Å²) < 4.78 is 0. The average Bonchev–Trinajstić information content (AvgIpc) is 2.13. The molecule has 1 rings (SSSR count). The van der Waals surface area contributed by atoms with Gasteiger partial charge in [0, 0.05) is 5.70 Å². The molecule has 1 aliphatic carbocycles. The van der Waals surface area contributed by atoms with Crippen molar-refractivity contribution < 1.29 is 0 Å². The quantitative estimate of drug-likeness (QED) is 0.580. The standard InChI is InChI=1S/C9H15N/c1-7-3-4-9(5-7)6-8(2)10/h9H,1-6,10H2. The van der Waals surface area contributed by atoms with Gasteiger partial charge in [-0.05, 0) is 31.6 Å². The first-order chi connectivity index (χ1) is 4.68. The molecule has 0 aromatic carbocycles. The smallest absolute Gasteiger partial charge is 0.00103 e. The van der Waals surface area contributed by atoms with Gasteiger partial charge in [-0.15, -0.1) is 0 Å². The fraction of sp³-hybridized carbons (Fsp3) is 0.556. The van der Waals surface area contributed by atoms with Gasteiger partial charge in [0.2, 0.25) is 0 Å². The molecular formula is C9H15N. The molecule has 0 heterocycles. The maximum atomic E-state index is 5.49. The van der Waals surface area contributed by atoms with Crippen molar-refractivity contribution in [1.29, 1.82) is 0 Å². The predicted octanol–water partition coefficient (Wildman–Crippen LogP) is 2.21. The first-order valence-corrected chi connectivity index (χ1v) is 3.78. The summed E-state index contributed by atoms with van der Waals surface area (Å²) >= 11 is 0. The lowest BCUT2D eigenvalue weighted by Crippen LogP contribution is -2.01. The molecule has 0 aromatic rings. The maximum absolute atomic E-state index is 5.49. The van der Waals surface area contributed by atoms with Crippen molar-refractivity contribution in [2.75, 3.05) is 0 Å². The van der Waals surface area contributed by atoms with Crippen molar-refractivity contribution >= 4 is 0 Å². The van der Waals surface area contributed by atoms with Gasteiger partial charge < -0.3 is 5.73 Å². The molecule has 1 nitrogen and oxygen atoms in total. The Kier molecular flexibility index (Phi) is 2.15. The van der Waals surface area contributed by atoms with E-state index in [9.17, 15) is 0 Å². The molecule has 10 heavy (non-hydrogen) atoms. The molecule has 0 aromatic heterocycles. The van der Waals surface area contributed by atoms with Gasteiger partial charge in [-0.2, -0.15) is 0 Å². The maximum Gasteiger partial charge on any atom is 0.00103 e. The molecule has 1 heteroatoms. The van der Waals surface area contributed by atoms with Crippen molar-refractivity contribution in [3.05, 3.63) is 24.4 Å². The van der Waals surface area contributed by atoms with Crippen LogP contribution in [0.4, 0.5) is 0 Å². The van der Waals surface area contributed by atoms with Crippen LogP contribution in [0.3, 0.4) is 0 Å². The Morgan fingerprint density at radius 3 is 2.80 bits per heavy atom. The van der Waals surface area contributed by atoms with Crippen LogP contribution in [0.25, 0.3) is 0 Å². The predicted molar refractivity (Wildman–Crippen MR) is 44.4 cm³/mol. The van der Waals surface area contributed by atoms with Gasteiger partial charge in [0.05, 0.1) is 0 Å². The zero-order valence-electron chi connectivity index (χ0n) is 6.40. The lowest BCUT2D eigenvalue weighted by atomic mass is 10.0. The third-order valence-corrected chi connectivity index (χ3v) is 2.03. The third kappa shape index (κ3) is 1.90. The van der Waals surface area contributed by atoms with Crippen molar-refractivity contribution in [3.63, 3.8) is 0 Å². The van der Waals surface area contributed by atoms with Gasteiger partial charge in [0.1, 0.15) is 0 Å². The Hall–Kier alpha value is -0.720. The zero-order valence-corrected chi connectivity index (χ0v) is 6.40. The topological polar surface area (TPSA) is 26.0 Å². The third-order valence-electron chi connectivity index (χ3n) is 2.03. The van der Waals surface area contributed by atoms with Gasteiger partial charge in [0.15, 0.2) is 0 Å². The highest BCUT2D eigenvalue weighted by atomic mass is 14.6. The van der Waals surface area contributed by atoms with E-state index >= 15 is 0 Å².